The van der Waals surface area contributed by atoms with Crippen molar-refractivity contribution in [3.63, 3.8) is 0 Å². The number of sulfone groups is 1. The minimum atomic E-state index is -3.20. The zero-order chi connectivity index (χ0) is 13.2. The van der Waals surface area contributed by atoms with E-state index >= 15 is 0 Å². The molecule has 0 saturated carbocycles. The molecular formula is C12H15N3O2S. The minimum absolute atomic E-state index is 0.279. The van der Waals surface area contributed by atoms with E-state index in [1.807, 2.05) is 0 Å². The van der Waals surface area contributed by atoms with Crippen molar-refractivity contribution in [1.82, 2.24) is 15.2 Å². The van der Waals surface area contributed by atoms with Crippen LogP contribution in [0.1, 0.15) is 19.2 Å². The molecule has 0 bridgehead atoms. The Labute approximate surface area is 106 Å². The van der Waals surface area contributed by atoms with Gasteiger partial charge >= 0.3 is 0 Å². The van der Waals surface area contributed by atoms with Crippen molar-refractivity contribution in [2.45, 2.75) is 24.7 Å². The van der Waals surface area contributed by atoms with Crippen molar-refractivity contribution in [3.8, 4) is 11.4 Å². The number of H-pyrrole nitrogens is 1. The fraction of sp³-hybridized carbons (Fsp3) is 0.333. The van der Waals surface area contributed by atoms with E-state index in [2.05, 4.69) is 22.1 Å². The third-order valence-electron chi connectivity index (χ3n) is 2.54. The lowest BCUT2D eigenvalue weighted by Crippen LogP contribution is -1.97. The molecular weight excluding hydrogens is 250 g/mol. The number of aromatic nitrogens is 3. The Hall–Kier alpha value is -1.69. The summed E-state index contributed by atoms with van der Waals surface area (Å²) < 4.78 is 23.0. The van der Waals surface area contributed by atoms with Crippen molar-refractivity contribution in [3.05, 3.63) is 30.1 Å². The number of hydrogen-bond acceptors (Lipinski definition) is 4. The first-order valence-corrected chi connectivity index (χ1v) is 7.61. The molecule has 5 nitrogen and oxygen atoms in total. The predicted octanol–water partition coefficient (Wildman–Crippen LogP) is 1.83. The smallest absolute Gasteiger partial charge is 0.181 e. The molecule has 1 N–H and O–H groups in total. The Morgan fingerprint density at radius 2 is 2.11 bits per heavy atom. The highest BCUT2D eigenvalue weighted by atomic mass is 32.2. The molecule has 0 saturated heterocycles. The number of benzene rings is 1. The number of rotatable bonds is 4. The van der Waals surface area contributed by atoms with Gasteiger partial charge in [-0.25, -0.2) is 13.4 Å². The van der Waals surface area contributed by atoms with E-state index < -0.39 is 9.84 Å². The van der Waals surface area contributed by atoms with E-state index in [0.717, 1.165) is 18.7 Å². The Morgan fingerprint density at radius 1 is 1.33 bits per heavy atom. The van der Waals surface area contributed by atoms with Crippen molar-refractivity contribution < 1.29 is 8.42 Å². The molecule has 0 aliphatic rings. The zero-order valence-electron chi connectivity index (χ0n) is 10.3. The average molecular weight is 265 g/mol. The maximum absolute atomic E-state index is 11.5. The van der Waals surface area contributed by atoms with Gasteiger partial charge in [-0.1, -0.05) is 19.1 Å². The lowest BCUT2D eigenvalue weighted by Gasteiger charge is -2.00. The summed E-state index contributed by atoms with van der Waals surface area (Å²) in [6.45, 7) is 2.06. The van der Waals surface area contributed by atoms with Gasteiger partial charge in [0.05, 0.1) is 4.90 Å². The van der Waals surface area contributed by atoms with Crippen molar-refractivity contribution in [1.29, 1.82) is 0 Å². The normalized spacial score (nSPS) is 11.7. The van der Waals surface area contributed by atoms with Crippen LogP contribution in [0.5, 0.6) is 0 Å². The summed E-state index contributed by atoms with van der Waals surface area (Å²) in [6.07, 6.45) is 3.00. The fourth-order valence-corrected chi connectivity index (χ4v) is 2.31. The van der Waals surface area contributed by atoms with Crippen LogP contribution >= 0.6 is 0 Å². The molecule has 0 spiro atoms. The number of aryl methyl sites for hydroxylation is 1. The summed E-state index contributed by atoms with van der Waals surface area (Å²) in [5.74, 6) is 1.35. The predicted molar refractivity (Wildman–Crippen MR) is 68.9 cm³/mol. The van der Waals surface area contributed by atoms with E-state index in [1.165, 1.54) is 6.26 Å². The van der Waals surface area contributed by atoms with E-state index in [0.29, 0.717) is 11.4 Å². The van der Waals surface area contributed by atoms with E-state index in [9.17, 15) is 8.42 Å². The molecule has 18 heavy (non-hydrogen) atoms. The molecule has 1 aromatic heterocycles. The zero-order valence-corrected chi connectivity index (χ0v) is 11.2. The van der Waals surface area contributed by atoms with E-state index in [1.54, 1.807) is 24.3 Å². The second-order valence-corrected chi connectivity index (χ2v) is 6.17. The van der Waals surface area contributed by atoms with Gasteiger partial charge in [0.1, 0.15) is 5.82 Å². The van der Waals surface area contributed by atoms with Crippen LogP contribution in [-0.4, -0.2) is 29.9 Å². The van der Waals surface area contributed by atoms with Gasteiger partial charge in [-0.2, -0.15) is 5.10 Å². The molecule has 0 radical (unpaired) electrons. The first kappa shape index (κ1) is 12.8. The largest absolute Gasteiger partial charge is 0.263 e. The lowest BCUT2D eigenvalue weighted by atomic mass is 10.2. The molecule has 0 unspecified atom stereocenters. The van der Waals surface area contributed by atoms with Crippen molar-refractivity contribution in [2.24, 2.45) is 0 Å². The molecule has 0 amide bonds. The summed E-state index contributed by atoms with van der Waals surface area (Å²) in [5.41, 5.74) is 0.705. The van der Waals surface area contributed by atoms with Gasteiger partial charge in [0.25, 0.3) is 0 Å². The Morgan fingerprint density at radius 3 is 2.78 bits per heavy atom. The number of hydrogen-bond donors (Lipinski definition) is 1. The molecule has 0 fully saturated rings. The monoisotopic (exact) mass is 265 g/mol. The molecule has 6 heteroatoms. The fourth-order valence-electron chi connectivity index (χ4n) is 1.64. The van der Waals surface area contributed by atoms with Gasteiger partial charge in [-0.05, 0) is 18.6 Å². The summed E-state index contributed by atoms with van der Waals surface area (Å²) in [4.78, 5) is 4.61. The topological polar surface area (TPSA) is 75.7 Å². The van der Waals surface area contributed by atoms with Crippen molar-refractivity contribution in [2.75, 3.05) is 6.26 Å². The maximum atomic E-state index is 11.5. The minimum Gasteiger partial charge on any atom is -0.263 e. The maximum Gasteiger partial charge on any atom is 0.181 e. The van der Waals surface area contributed by atoms with E-state index in [4.69, 9.17) is 0 Å². The molecule has 1 aromatic carbocycles. The van der Waals surface area contributed by atoms with Gasteiger partial charge in [-0.15, -0.1) is 0 Å². The third-order valence-corrected chi connectivity index (χ3v) is 3.65. The van der Waals surface area contributed by atoms with Gasteiger partial charge in [0.2, 0.25) is 0 Å². The highest BCUT2D eigenvalue weighted by Crippen LogP contribution is 2.19. The number of aromatic amines is 1. The Balaban J connectivity index is 2.38. The SMILES string of the molecule is CCCc1nc(-c2cccc(S(C)(=O)=O)c2)n[nH]1. The highest BCUT2D eigenvalue weighted by molar-refractivity contribution is 7.90. The van der Waals surface area contributed by atoms with Gasteiger partial charge in [0.15, 0.2) is 15.7 Å². The van der Waals surface area contributed by atoms with Gasteiger partial charge in [0, 0.05) is 18.2 Å². The summed E-state index contributed by atoms with van der Waals surface area (Å²) in [7, 11) is -3.20. The standard InChI is InChI=1S/C12H15N3O2S/c1-3-5-11-13-12(15-14-11)9-6-4-7-10(8-9)18(2,16)17/h4,6-8H,3,5H2,1-2H3,(H,13,14,15). The number of nitrogens with one attached hydrogen (secondary N) is 1. The quantitative estimate of drug-likeness (QED) is 0.915. The van der Waals surface area contributed by atoms with Crippen LogP contribution in [-0.2, 0) is 16.3 Å². The Bertz CT molecular complexity index is 647. The highest BCUT2D eigenvalue weighted by Gasteiger charge is 2.10. The first-order chi connectivity index (χ1) is 8.50. The molecule has 2 aromatic rings. The first-order valence-electron chi connectivity index (χ1n) is 5.72. The van der Waals surface area contributed by atoms with Crippen molar-refractivity contribution >= 4 is 9.84 Å². The van der Waals surface area contributed by atoms with Crippen LogP contribution in [0.4, 0.5) is 0 Å². The molecule has 1 heterocycles. The third kappa shape index (κ3) is 2.76. The van der Waals surface area contributed by atoms with Crippen LogP contribution < -0.4 is 0 Å². The summed E-state index contributed by atoms with van der Waals surface area (Å²) in [5, 5.41) is 6.95. The van der Waals surface area contributed by atoms with E-state index in [-0.39, 0.29) is 4.90 Å². The summed E-state index contributed by atoms with van der Waals surface area (Å²) >= 11 is 0. The molecule has 0 atom stereocenters. The van der Waals surface area contributed by atoms with Gasteiger partial charge < -0.3 is 0 Å². The molecule has 0 aliphatic carbocycles. The molecule has 2 rings (SSSR count). The molecule has 96 valence electrons. The second-order valence-electron chi connectivity index (χ2n) is 4.16. The summed E-state index contributed by atoms with van der Waals surface area (Å²) in [6, 6.07) is 6.65. The number of nitrogens with zero attached hydrogens (tertiary/aromatic N) is 2. The van der Waals surface area contributed by atoms with Crippen LogP contribution in [0.15, 0.2) is 29.2 Å². The Kier molecular flexibility index (Phi) is 3.47. The van der Waals surface area contributed by atoms with Crippen LogP contribution in [0.25, 0.3) is 11.4 Å². The van der Waals surface area contributed by atoms with Crippen LogP contribution in [0.3, 0.4) is 0 Å². The second kappa shape index (κ2) is 4.89. The van der Waals surface area contributed by atoms with Crippen LogP contribution in [0, 0.1) is 0 Å². The van der Waals surface area contributed by atoms with Gasteiger partial charge in [-0.3, -0.25) is 5.10 Å². The lowest BCUT2D eigenvalue weighted by molar-refractivity contribution is 0.602. The average Bonchev–Trinajstić information content (AvgIpc) is 2.77. The molecule has 0 aliphatic heterocycles. The van der Waals surface area contributed by atoms with Crippen LogP contribution in [0.2, 0.25) is 0 Å².